The molecule has 0 saturated carbocycles. The van der Waals surface area contributed by atoms with Gasteiger partial charge in [-0.25, -0.2) is 5.48 Å². The third-order valence-electron chi connectivity index (χ3n) is 2.10. The van der Waals surface area contributed by atoms with Gasteiger partial charge in [-0.05, 0) is 6.07 Å². The predicted octanol–water partition coefficient (Wildman–Crippen LogP) is 1.47. The number of hydrogen-bond acceptors (Lipinski definition) is 5. The van der Waals surface area contributed by atoms with Gasteiger partial charge >= 0.3 is 0 Å². The van der Waals surface area contributed by atoms with Crippen molar-refractivity contribution in [1.82, 2.24) is 5.48 Å². The molecule has 0 aliphatic carbocycles. The highest BCUT2D eigenvalue weighted by Crippen LogP contribution is 2.42. The van der Waals surface area contributed by atoms with E-state index in [4.69, 9.17) is 14.7 Å². The van der Waals surface area contributed by atoms with Gasteiger partial charge in [0.15, 0.2) is 17.8 Å². The average Bonchev–Trinajstić information content (AvgIpc) is 2.70. The topological polar surface area (TPSA) is 67.8 Å². The summed E-state index contributed by atoms with van der Waals surface area (Å²) in [6.45, 7) is 0.302. The van der Waals surface area contributed by atoms with Gasteiger partial charge in [0.2, 0.25) is 6.79 Å². The van der Waals surface area contributed by atoms with E-state index in [0.29, 0.717) is 27.8 Å². The maximum atomic E-state index is 10.8. The van der Waals surface area contributed by atoms with Crippen molar-refractivity contribution in [1.29, 1.82) is 0 Å². The molecule has 0 saturated heterocycles. The fourth-order valence-corrected chi connectivity index (χ4v) is 2.01. The summed E-state index contributed by atoms with van der Waals surface area (Å²) in [6.07, 6.45) is 0.703. The van der Waals surface area contributed by atoms with Crippen LogP contribution in [0.5, 0.6) is 11.5 Å². The van der Waals surface area contributed by atoms with E-state index in [1.54, 1.807) is 6.07 Å². The Morgan fingerprint density at radius 1 is 1.53 bits per heavy atom. The molecule has 0 bridgehead atoms. The molecule has 1 aliphatic rings. The number of ether oxygens (including phenoxy) is 2. The number of carbonyl (C=O) groups excluding carboxylic acids is 1. The van der Waals surface area contributed by atoms with Crippen LogP contribution in [0.15, 0.2) is 10.5 Å². The van der Waals surface area contributed by atoms with Crippen LogP contribution in [0, 0.1) is 0 Å². The monoisotopic (exact) mass is 273 g/mol. The predicted molar refractivity (Wildman–Crippen MR) is 54.3 cm³/mol. The van der Waals surface area contributed by atoms with Crippen LogP contribution in [-0.4, -0.2) is 18.3 Å². The Labute approximate surface area is 94.1 Å². The van der Waals surface area contributed by atoms with Gasteiger partial charge in [0.05, 0.1) is 12.1 Å². The molecule has 1 aliphatic heterocycles. The zero-order valence-electron chi connectivity index (χ0n) is 7.62. The van der Waals surface area contributed by atoms with E-state index in [-0.39, 0.29) is 13.3 Å². The van der Waals surface area contributed by atoms with Crippen molar-refractivity contribution < 1.29 is 19.5 Å². The van der Waals surface area contributed by atoms with Crippen molar-refractivity contribution in [2.45, 2.75) is 6.54 Å². The number of benzene rings is 1. The zero-order valence-corrected chi connectivity index (χ0v) is 9.20. The van der Waals surface area contributed by atoms with Gasteiger partial charge in [0.25, 0.3) is 0 Å². The van der Waals surface area contributed by atoms with Crippen LogP contribution in [0.3, 0.4) is 0 Å². The van der Waals surface area contributed by atoms with Gasteiger partial charge in [-0.1, -0.05) is 15.9 Å². The molecular formula is C9H8BrNO4. The second-order valence-electron chi connectivity index (χ2n) is 2.94. The number of nitrogens with one attached hydrogen (secondary N) is 1. The zero-order chi connectivity index (χ0) is 10.8. The molecule has 15 heavy (non-hydrogen) atoms. The van der Waals surface area contributed by atoms with E-state index in [2.05, 4.69) is 15.9 Å². The number of carbonyl (C=O) groups is 1. The van der Waals surface area contributed by atoms with Crippen LogP contribution in [0.2, 0.25) is 0 Å². The normalized spacial score (nSPS) is 12.9. The number of hydrogen-bond donors (Lipinski definition) is 2. The van der Waals surface area contributed by atoms with Crippen LogP contribution in [0.1, 0.15) is 15.9 Å². The lowest BCUT2D eigenvalue weighted by Gasteiger charge is -2.08. The Morgan fingerprint density at radius 3 is 2.93 bits per heavy atom. The molecule has 0 atom stereocenters. The van der Waals surface area contributed by atoms with Gasteiger partial charge < -0.3 is 14.7 Å². The highest BCUT2D eigenvalue weighted by Gasteiger charge is 2.23. The highest BCUT2D eigenvalue weighted by molar-refractivity contribution is 9.10. The summed E-state index contributed by atoms with van der Waals surface area (Å²) < 4.78 is 11.1. The van der Waals surface area contributed by atoms with Gasteiger partial charge in [-0.3, -0.25) is 4.79 Å². The molecule has 1 heterocycles. The first-order valence-electron chi connectivity index (χ1n) is 4.21. The van der Waals surface area contributed by atoms with Crippen LogP contribution >= 0.6 is 15.9 Å². The van der Waals surface area contributed by atoms with Crippen molar-refractivity contribution in [3.63, 3.8) is 0 Å². The molecule has 2 rings (SSSR count). The summed E-state index contributed by atoms with van der Waals surface area (Å²) in [4.78, 5) is 10.8. The largest absolute Gasteiger partial charge is 0.453 e. The van der Waals surface area contributed by atoms with Gasteiger partial charge in [-0.2, -0.15) is 0 Å². The van der Waals surface area contributed by atoms with Gasteiger partial charge in [0, 0.05) is 10.0 Å². The van der Waals surface area contributed by atoms with Crippen molar-refractivity contribution in [3.05, 3.63) is 21.7 Å². The van der Waals surface area contributed by atoms with Crippen molar-refractivity contribution >= 4 is 22.2 Å². The summed E-state index contributed by atoms with van der Waals surface area (Å²) in [6, 6.07) is 1.63. The lowest BCUT2D eigenvalue weighted by Crippen LogP contribution is -2.08. The van der Waals surface area contributed by atoms with E-state index in [0.717, 1.165) is 5.56 Å². The molecule has 0 unspecified atom stereocenters. The molecule has 0 amide bonds. The summed E-state index contributed by atoms with van der Waals surface area (Å²) in [5.74, 6) is 0.923. The maximum absolute atomic E-state index is 10.8. The van der Waals surface area contributed by atoms with E-state index < -0.39 is 0 Å². The Balaban J connectivity index is 2.57. The summed E-state index contributed by atoms with van der Waals surface area (Å²) >= 11 is 3.30. The summed E-state index contributed by atoms with van der Waals surface area (Å²) in [7, 11) is 0. The van der Waals surface area contributed by atoms with Crippen LogP contribution in [-0.2, 0) is 6.54 Å². The molecule has 0 fully saturated rings. The minimum atomic E-state index is 0.0883. The molecule has 1 aromatic rings. The smallest absolute Gasteiger partial charge is 0.231 e. The molecule has 80 valence electrons. The second-order valence-corrected chi connectivity index (χ2v) is 3.80. The number of halogens is 1. The Kier molecular flexibility index (Phi) is 2.90. The van der Waals surface area contributed by atoms with E-state index in [9.17, 15) is 4.79 Å². The first-order chi connectivity index (χ1) is 7.27. The van der Waals surface area contributed by atoms with E-state index in [1.165, 1.54) is 0 Å². The van der Waals surface area contributed by atoms with Gasteiger partial charge in [-0.15, -0.1) is 0 Å². The highest BCUT2D eigenvalue weighted by atomic mass is 79.9. The number of aldehydes is 1. The lowest BCUT2D eigenvalue weighted by molar-refractivity contribution is 0.111. The van der Waals surface area contributed by atoms with Crippen LogP contribution < -0.4 is 15.0 Å². The average molecular weight is 274 g/mol. The first-order valence-corrected chi connectivity index (χ1v) is 5.00. The molecule has 0 aromatic heterocycles. The minimum Gasteiger partial charge on any atom is -0.453 e. The molecule has 0 radical (unpaired) electrons. The van der Waals surface area contributed by atoms with Crippen LogP contribution in [0.25, 0.3) is 0 Å². The first kappa shape index (κ1) is 10.4. The Bertz CT molecular complexity index is 408. The van der Waals surface area contributed by atoms with Gasteiger partial charge in [0.1, 0.15) is 0 Å². The molecule has 6 heteroatoms. The van der Waals surface area contributed by atoms with Crippen molar-refractivity contribution in [2.75, 3.05) is 6.79 Å². The molecule has 0 spiro atoms. The maximum Gasteiger partial charge on any atom is 0.231 e. The quantitative estimate of drug-likeness (QED) is 0.645. The molecule has 1 aromatic carbocycles. The van der Waals surface area contributed by atoms with E-state index in [1.807, 2.05) is 5.48 Å². The van der Waals surface area contributed by atoms with Crippen molar-refractivity contribution in [3.8, 4) is 11.5 Å². The number of fused-ring (bicyclic) bond motifs is 1. The van der Waals surface area contributed by atoms with Crippen molar-refractivity contribution in [2.24, 2.45) is 0 Å². The third kappa shape index (κ3) is 1.71. The Morgan fingerprint density at radius 2 is 2.27 bits per heavy atom. The van der Waals surface area contributed by atoms with Crippen LogP contribution in [0.4, 0.5) is 0 Å². The number of hydroxylamine groups is 1. The molecule has 2 N–H and O–H groups in total. The summed E-state index contributed by atoms with van der Waals surface area (Å²) in [5, 5.41) is 8.67. The molecule has 5 nitrogen and oxygen atoms in total. The van der Waals surface area contributed by atoms with E-state index >= 15 is 0 Å². The second kappa shape index (κ2) is 4.18. The third-order valence-corrected chi connectivity index (χ3v) is 2.81. The summed E-state index contributed by atoms with van der Waals surface area (Å²) in [5.41, 5.74) is 3.18. The number of rotatable bonds is 3. The lowest BCUT2D eigenvalue weighted by atomic mass is 10.1. The molecular weight excluding hydrogens is 266 g/mol. The Hall–Kier alpha value is -1.11. The fourth-order valence-electron chi connectivity index (χ4n) is 1.45. The standard InChI is InChI=1S/C9H8BrNO4/c10-7-1-5(3-12)8-9(15-4-14-8)6(7)2-11-13/h1,3,11,13H,2,4H2. The minimum absolute atomic E-state index is 0.0883. The SMILES string of the molecule is O=Cc1cc(Br)c(CNO)c2c1OCO2. The fraction of sp³-hybridized carbons (Fsp3) is 0.222.